The van der Waals surface area contributed by atoms with Gasteiger partial charge in [-0.25, -0.2) is 8.78 Å². The van der Waals surface area contributed by atoms with E-state index in [4.69, 9.17) is 0 Å². The minimum Gasteiger partial charge on any atom is -0.203 e. The molecular formula is C15H19F2I. The number of aryl methyl sites for hydroxylation is 2. The lowest BCUT2D eigenvalue weighted by Crippen LogP contribution is -2.14. The van der Waals surface area contributed by atoms with Crippen molar-refractivity contribution in [3.63, 3.8) is 0 Å². The van der Waals surface area contributed by atoms with Crippen molar-refractivity contribution in [1.82, 2.24) is 0 Å². The third-order valence-corrected chi connectivity index (χ3v) is 5.20. The first-order valence-corrected chi connectivity index (χ1v) is 7.90. The van der Waals surface area contributed by atoms with Gasteiger partial charge in [0.05, 0.1) is 0 Å². The molecule has 0 aromatic heterocycles. The normalized spacial score (nSPS) is 24.2. The zero-order valence-corrected chi connectivity index (χ0v) is 12.8. The summed E-state index contributed by atoms with van der Waals surface area (Å²) >= 11 is 2.51. The zero-order chi connectivity index (χ0) is 13.1. The molecule has 0 N–H and O–H groups in total. The molecule has 0 radical (unpaired) electrons. The Bertz CT molecular complexity index is 409. The van der Waals surface area contributed by atoms with Gasteiger partial charge in [0.25, 0.3) is 0 Å². The first-order chi connectivity index (χ1) is 8.58. The summed E-state index contributed by atoms with van der Waals surface area (Å²) < 4.78 is 27.9. The number of hydrogen-bond donors (Lipinski definition) is 0. The Kier molecular flexibility index (Phi) is 4.98. The maximum absolute atomic E-state index is 13.7. The minimum atomic E-state index is -0.677. The summed E-state index contributed by atoms with van der Waals surface area (Å²) in [5.41, 5.74) is 0.927. The SMILES string of the molecule is Cc1ccc(CCC2CCC(I)CC2)c(F)c1F. The number of halogens is 3. The van der Waals surface area contributed by atoms with Gasteiger partial charge in [0.2, 0.25) is 0 Å². The van der Waals surface area contributed by atoms with E-state index in [2.05, 4.69) is 22.6 Å². The Balaban J connectivity index is 1.92. The molecule has 1 aromatic carbocycles. The summed E-state index contributed by atoms with van der Waals surface area (Å²) in [6, 6.07) is 3.41. The van der Waals surface area contributed by atoms with Gasteiger partial charge in [-0.15, -0.1) is 0 Å². The van der Waals surface area contributed by atoms with Crippen LogP contribution >= 0.6 is 22.6 Å². The molecule has 0 amide bonds. The van der Waals surface area contributed by atoms with Crippen LogP contribution in [0.4, 0.5) is 8.78 Å². The summed E-state index contributed by atoms with van der Waals surface area (Å²) in [7, 11) is 0. The lowest BCUT2D eigenvalue weighted by molar-refractivity contribution is 0.348. The minimum absolute atomic E-state index is 0.390. The third-order valence-electron chi connectivity index (χ3n) is 3.95. The lowest BCUT2D eigenvalue weighted by atomic mass is 9.85. The predicted molar refractivity (Wildman–Crippen MR) is 79.2 cm³/mol. The average Bonchev–Trinajstić information content (AvgIpc) is 2.37. The average molecular weight is 364 g/mol. The number of alkyl halides is 1. The van der Waals surface area contributed by atoms with E-state index in [9.17, 15) is 8.78 Å². The summed E-state index contributed by atoms with van der Waals surface area (Å²) in [5.74, 6) is -0.624. The van der Waals surface area contributed by atoms with Gasteiger partial charge in [0.15, 0.2) is 11.6 Å². The molecule has 0 atom stereocenters. The van der Waals surface area contributed by atoms with Gasteiger partial charge in [-0.2, -0.15) is 0 Å². The van der Waals surface area contributed by atoms with Crippen molar-refractivity contribution in [3.05, 3.63) is 34.9 Å². The van der Waals surface area contributed by atoms with Gasteiger partial charge in [0.1, 0.15) is 0 Å². The van der Waals surface area contributed by atoms with Crippen LogP contribution in [0.15, 0.2) is 12.1 Å². The molecule has 0 saturated heterocycles. The Labute approximate surface area is 121 Å². The van der Waals surface area contributed by atoms with Crippen LogP contribution in [0.3, 0.4) is 0 Å². The van der Waals surface area contributed by atoms with E-state index in [1.807, 2.05) is 0 Å². The maximum atomic E-state index is 13.7. The van der Waals surface area contributed by atoms with Crippen molar-refractivity contribution in [2.45, 2.75) is 49.4 Å². The van der Waals surface area contributed by atoms with Crippen LogP contribution in [0.25, 0.3) is 0 Å². The predicted octanol–water partition coefficient (Wildman–Crippen LogP) is 5.20. The van der Waals surface area contributed by atoms with E-state index in [0.29, 0.717) is 23.5 Å². The van der Waals surface area contributed by atoms with Crippen LogP contribution in [0.2, 0.25) is 0 Å². The fraction of sp³-hybridized carbons (Fsp3) is 0.600. The van der Waals surface area contributed by atoms with Crippen molar-refractivity contribution < 1.29 is 8.78 Å². The van der Waals surface area contributed by atoms with Gasteiger partial charge < -0.3 is 0 Å². The van der Waals surface area contributed by atoms with E-state index in [0.717, 1.165) is 10.3 Å². The van der Waals surface area contributed by atoms with Crippen molar-refractivity contribution in [3.8, 4) is 0 Å². The van der Waals surface area contributed by atoms with Crippen LogP contribution in [-0.2, 0) is 6.42 Å². The fourth-order valence-corrected chi connectivity index (χ4v) is 3.37. The van der Waals surface area contributed by atoms with Crippen molar-refractivity contribution in [2.75, 3.05) is 0 Å². The van der Waals surface area contributed by atoms with Crippen LogP contribution in [0.5, 0.6) is 0 Å². The standard InChI is InChI=1S/C15H19F2I/c1-10-2-6-12(15(17)14(10)16)7-3-11-4-8-13(18)9-5-11/h2,6,11,13H,3-5,7-9H2,1H3. The van der Waals surface area contributed by atoms with Crippen LogP contribution < -0.4 is 0 Å². The molecule has 3 heteroatoms. The summed E-state index contributed by atoms with van der Waals surface area (Å²) in [6.45, 7) is 1.60. The molecule has 0 unspecified atom stereocenters. The van der Waals surface area contributed by atoms with Crippen LogP contribution in [-0.4, -0.2) is 3.92 Å². The van der Waals surface area contributed by atoms with E-state index in [1.165, 1.54) is 25.7 Å². The van der Waals surface area contributed by atoms with E-state index in [1.54, 1.807) is 19.1 Å². The highest BCUT2D eigenvalue weighted by Crippen LogP contribution is 2.32. The molecule has 0 nitrogen and oxygen atoms in total. The molecule has 0 spiro atoms. The number of hydrogen-bond acceptors (Lipinski definition) is 0. The quantitative estimate of drug-likeness (QED) is 0.511. The maximum Gasteiger partial charge on any atom is 0.162 e. The molecule has 1 saturated carbocycles. The Morgan fingerprint density at radius 2 is 1.78 bits per heavy atom. The van der Waals surface area contributed by atoms with Gasteiger partial charge in [0, 0.05) is 3.92 Å². The molecule has 0 aliphatic heterocycles. The van der Waals surface area contributed by atoms with Crippen molar-refractivity contribution in [1.29, 1.82) is 0 Å². The topological polar surface area (TPSA) is 0 Å². The van der Waals surface area contributed by atoms with Crippen LogP contribution in [0.1, 0.15) is 43.2 Å². The van der Waals surface area contributed by atoms with Crippen molar-refractivity contribution in [2.24, 2.45) is 5.92 Å². The van der Waals surface area contributed by atoms with Gasteiger partial charge in [-0.05, 0) is 62.5 Å². The lowest BCUT2D eigenvalue weighted by Gasteiger charge is -2.25. The molecule has 1 aliphatic rings. The Morgan fingerprint density at radius 3 is 2.44 bits per heavy atom. The molecule has 0 heterocycles. The molecule has 2 rings (SSSR count). The highest BCUT2D eigenvalue weighted by molar-refractivity contribution is 14.1. The summed E-state index contributed by atoms with van der Waals surface area (Å²) in [6.07, 6.45) is 6.68. The van der Waals surface area contributed by atoms with Gasteiger partial charge >= 0.3 is 0 Å². The highest BCUT2D eigenvalue weighted by Gasteiger charge is 2.20. The monoisotopic (exact) mass is 364 g/mol. The first-order valence-electron chi connectivity index (χ1n) is 6.65. The summed E-state index contributed by atoms with van der Waals surface area (Å²) in [5, 5.41) is 0. The van der Waals surface area contributed by atoms with Gasteiger partial charge in [-0.1, -0.05) is 34.7 Å². The van der Waals surface area contributed by atoms with E-state index >= 15 is 0 Å². The van der Waals surface area contributed by atoms with Crippen LogP contribution in [0, 0.1) is 24.5 Å². The second-order valence-corrected chi connectivity index (χ2v) is 7.09. The third kappa shape index (κ3) is 3.43. The number of benzene rings is 1. The summed E-state index contributed by atoms with van der Waals surface area (Å²) in [4.78, 5) is 0. The van der Waals surface area contributed by atoms with E-state index < -0.39 is 11.6 Å². The molecule has 100 valence electrons. The molecule has 0 bridgehead atoms. The molecule has 1 aromatic rings. The molecule has 1 aliphatic carbocycles. The number of rotatable bonds is 3. The first kappa shape index (κ1) is 14.2. The molecule has 18 heavy (non-hydrogen) atoms. The Hall–Kier alpha value is -0.190. The largest absolute Gasteiger partial charge is 0.203 e. The Morgan fingerprint density at radius 1 is 1.11 bits per heavy atom. The van der Waals surface area contributed by atoms with E-state index in [-0.39, 0.29) is 0 Å². The molecule has 1 fully saturated rings. The smallest absolute Gasteiger partial charge is 0.162 e. The highest BCUT2D eigenvalue weighted by atomic mass is 127. The second-order valence-electron chi connectivity index (χ2n) is 5.33. The second kappa shape index (κ2) is 6.31. The fourth-order valence-electron chi connectivity index (χ4n) is 2.65. The van der Waals surface area contributed by atoms with Gasteiger partial charge in [-0.3, -0.25) is 0 Å². The molecular weight excluding hydrogens is 345 g/mol. The zero-order valence-electron chi connectivity index (χ0n) is 10.7. The van der Waals surface area contributed by atoms with Crippen molar-refractivity contribution >= 4 is 22.6 Å².